The molecule has 1 aliphatic rings. The molecule has 3 heteroatoms. The molecule has 1 rings (SSSR count). The van der Waals surface area contributed by atoms with Crippen molar-refractivity contribution in [2.24, 2.45) is 0 Å². The average Bonchev–Trinajstić information content (AvgIpc) is 2.04. The summed E-state index contributed by atoms with van der Waals surface area (Å²) in [6.45, 7) is 4.63. The SMILES string of the molecule is CC1CCC[Si](C)(CCCCS)O1. The fourth-order valence-electron chi connectivity index (χ4n) is 2.16. The molecule has 13 heavy (non-hydrogen) atoms. The summed E-state index contributed by atoms with van der Waals surface area (Å²) in [5.74, 6) is 1.03. The third-order valence-electron chi connectivity index (χ3n) is 2.92. The molecular weight excluding hydrogens is 196 g/mol. The maximum Gasteiger partial charge on any atom is 0.190 e. The summed E-state index contributed by atoms with van der Waals surface area (Å²) >= 11 is 4.24. The van der Waals surface area contributed by atoms with Crippen molar-refractivity contribution in [3.63, 3.8) is 0 Å². The van der Waals surface area contributed by atoms with E-state index in [1.54, 1.807) is 0 Å². The van der Waals surface area contributed by atoms with Crippen molar-refractivity contribution in [3.05, 3.63) is 0 Å². The second-order valence-corrected chi connectivity index (χ2v) is 9.03. The van der Waals surface area contributed by atoms with Gasteiger partial charge in [0.2, 0.25) is 0 Å². The van der Waals surface area contributed by atoms with Gasteiger partial charge >= 0.3 is 0 Å². The predicted octanol–water partition coefficient (Wildman–Crippen LogP) is 3.47. The third kappa shape index (κ3) is 4.04. The van der Waals surface area contributed by atoms with Gasteiger partial charge in [-0.3, -0.25) is 0 Å². The maximum atomic E-state index is 6.13. The molecule has 0 aromatic rings. The topological polar surface area (TPSA) is 9.23 Å². The van der Waals surface area contributed by atoms with Crippen LogP contribution in [-0.2, 0) is 4.43 Å². The second-order valence-electron chi connectivity index (χ2n) is 4.45. The van der Waals surface area contributed by atoms with E-state index in [1.807, 2.05) is 0 Å². The first-order valence-electron chi connectivity index (χ1n) is 5.45. The zero-order chi connectivity index (χ0) is 9.73. The first-order valence-corrected chi connectivity index (χ1v) is 8.90. The van der Waals surface area contributed by atoms with Crippen molar-refractivity contribution >= 4 is 20.9 Å². The molecule has 0 bridgehead atoms. The van der Waals surface area contributed by atoms with Crippen LogP contribution >= 0.6 is 12.6 Å². The lowest BCUT2D eigenvalue weighted by Crippen LogP contribution is -2.41. The molecule has 1 fully saturated rings. The van der Waals surface area contributed by atoms with Crippen molar-refractivity contribution in [1.29, 1.82) is 0 Å². The van der Waals surface area contributed by atoms with E-state index in [0.29, 0.717) is 6.10 Å². The Hall–Kier alpha value is 0.527. The summed E-state index contributed by atoms with van der Waals surface area (Å²) < 4.78 is 6.13. The van der Waals surface area contributed by atoms with Crippen molar-refractivity contribution in [2.75, 3.05) is 5.75 Å². The Bertz CT molecular complexity index is 154. The van der Waals surface area contributed by atoms with Crippen molar-refractivity contribution in [1.82, 2.24) is 0 Å². The number of unbranched alkanes of at least 4 members (excludes halogenated alkanes) is 1. The summed E-state index contributed by atoms with van der Waals surface area (Å²) in [5.41, 5.74) is 0. The van der Waals surface area contributed by atoms with Gasteiger partial charge in [0.25, 0.3) is 0 Å². The van der Waals surface area contributed by atoms with Gasteiger partial charge < -0.3 is 4.43 Å². The fourth-order valence-corrected chi connectivity index (χ4v) is 5.91. The Labute approximate surface area is 88.8 Å². The quantitative estimate of drug-likeness (QED) is 0.432. The molecule has 0 aromatic carbocycles. The Morgan fingerprint density at radius 3 is 2.85 bits per heavy atom. The zero-order valence-corrected chi connectivity index (χ0v) is 10.8. The van der Waals surface area contributed by atoms with E-state index in [0.717, 1.165) is 5.75 Å². The van der Waals surface area contributed by atoms with Gasteiger partial charge in [0, 0.05) is 6.10 Å². The lowest BCUT2D eigenvalue weighted by molar-refractivity contribution is 0.175. The minimum atomic E-state index is -1.27. The van der Waals surface area contributed by atoms with Crippen LogP contribution in [-0.4, -0.2) is 20.2 Å². The molecule has 0 amide bonds. The van der Waals surface area contributed by atoms with Crippen LogP contribution in [0, 0.1) is 0 Å². The minimum Gasteiger partial charge on any atom is -0.414 e. The van der Waals surface area contributed by atoms with Gasteiger partial charge in [0.15, 0.2) is 8.32 Å². The molecule has 0 N–H and O–H groups in total. The highest BCUT2D eigenvalue weighted by Crippen LogP contribution is 2.30. The van der Waals surface area contributed by atoms with Crippen LogP contribution in [0.15, 0.2) is 0 Å². The van der Waals surface area contributed by atoms with Crippen molar-refractivity contribution < 1.29 is 4.43 Å². The molecule has 0 spiro atoms. The summed E-state index contributed by atoms with van der Waals surface area (Å²) in [6.07, 6.45) is 5.77. The van der Waals surface area contributed by atoms with Crippen LogP contribution in [0.4, 0.5) is 0 Å². The highest BCUT2D eigenvalue weighted by atomic mass is 32.1. The first kappa shape index (κ1) is 11.6. The van der Waals surface area contributed by atoms with E-state index in [-0.39, 0.29) is 0 Å². The molecule has 78 valence electrons. The van der Waals surface area contributed by atoms with E-state index in [9.17, 15) is 0 Å². The van der Waals surface area contributed by atoms with Gasteiger partial charge in [-0.25, -0.2) is 0 Å². The summed E-state index contributed by atoms with van der Waals surface area (Å²) in [5, 5.41) is 0. The van der Waals surface area contributed by atoms with Crippen LogP contribution in [0.1, 0.15) is 32.6 Å². The Morgan fingerprint density at radius 2 is 2.23 bits per heavy atom. The smallest absolute Gasteiger partial charge is 0.190 e. The molecule has 1 saturated heterocycles. The standard InChI is InChI=1S/C10H22OSSi/c1-10-6-5-9-13(2,11-10)8-4-3-7-12/h10,12H,3-9H2,1-2H3. The van der Waals surface area contributed by atoms with Crippen molar-refractivity contribution in [3.8, 4) is 0 Å². The van der Waals surface area contributed by atoms with Crippen LogP contribution in [0.25, 0.3) is 0 Å². The lowest BCUT2D eigenvalue weighted by atomic mass is 10.2. The predicted molar refractivity (Wildman–Crippen MR) is 64.1 cm³/mol. The van der Waals surface area contributed by atoms with E-state index in [2.05, 4.69) is 26.1 Å². The molecular formula is C10H22OSSi. The van der Waals surface area contributed by atoms with E-state index >= 15 is 0 Å². The maximum absolute atomic E-state index is 6.13. The van der Waals surface area contributed by atoms with Gasteiger partial charge in [0.05, 0.1) is 0 Å². The van der Waals surface area contributed by atoms with Crippen LogP contribution in [0.5, 0.6) is 0 Å². The van der Waals surface area contributed by atoms with E-state index < -0.39 is 8.32 Å². The van der Waals surface area contributed by atoms with Crippen molar-refractivity contribution in [2.45, 2.75) is 57.3 Å². The molecule has 0 aliphatic carbocycles. The number of hydrogen-bond acceptors (Lipinski definition) is 2. The molecule has 1 nitrogen and oxygen atoms in total. The van der Waals surface area contributed by atoms with Gasteiger partial charge in [-0.2, -0.15) is 12.6 Å². The monoisotopic (exact) mass is 218 g/mol. The molecule has 1 heterocycles. The summed E-state index contributed by atoms with van der Waals surface area (Å²) in [6, 6.07) is 2.72. The third-order valence-corrected chi connectivity index (χ3v) is 7.03. The Morgan fingerprint density at radius 1 is 1.46 bits per heavy atom. The van der Waals surface area contributed by atoms with Gasteiger partial charge in [0.1, 0.15) is 0 Å². The Balaban J connectivity index is 2.27. The highest BCUT2D eigenvalue weighted by Gasteiger charge is 2.33. The van der Waals surface area contributed by atoms with Crippen LogP contribution in [0.3, 0.4) is 0 Å². The molecule has 0 radical (unpaired) electrons. The second kappa shape index (κ2) is 5.42. The van der Waals surface area contributed by atoms with Gasteiger partial charge in [-0.15, -0.1) is 0 Å². The Kier molecular flexibility index (Phi) is 4.84. The molecule has 0 aromatic heterocycles. The zero-order valence-electron chi connectivity index (χ0n) is 8.88. The average molecular weight is 218 g/mol. The number of rotatable bonds is 4. The van der Waals surface area contributed by atoms with Crippen LogP contribution < -0.4 is 0 Å². The first-order chi connectivity index (χ1) is 6.16. The van der Waals surface area contributed by atoms with Crippen LogP contribution in [0.2, 0.25) is 18.6 Å². The normalized spacial score (nSPS) is 34.8. The number of hydrogen-bond donors (Lipinski definition) is 1. The van der Waals surface area contributed by atoms with Gasteiger partial charge in [-0.05, 0) is 44.2 Å². The molecule has 0 saturated carbocycles. The minimum absolute atomic E-state index is 0.529. The molecule has 2 atom stereocenters. The fraction of sp³-hybridized carbons (Fsp3) is 1.00. The number of thiol groups is 1. The summed E-state index contributed by atoms with van der Waals surface area (Å²) in [7, 11) is -1.27. The lowest BCUT2D eigenvalue weighted by Gasteiger charge is -2.35. The molecule has 1 aliphatic heterocycles. The molecule has 2 unspecified atom stereocenters. The largest absolute Gasteiger partial charge is 0.414 e. The van der Waals surface area contributed by atoms with E-state index in [1.165, 1.54) is 37.8 Å². The van der Waals surface area contributed by atoms with E-state index in [4.69, 9.17) is 4.43 Å². The van der Waals surface area contributed by atoms with Gasteiger partial charge in [-0.1, -0.05) is 12.8 Å². The summed E-state index contributed by atoms with van der Waals surface area (Å²) in [4.78, 5) is 0. The highest BCUT2D eigenvalue weighted by molar-refractivity contribution is 7.80.